The van der Waals surface area contributed by atoms with Gasteiger partial charge in [0.25, 0.3) is 10.2 Å². The molecule has 0 aromatic carbocycles. The zero-order chi connectivity index (χ0) is 16.9. The molecule has 1 heterocycles. The summed E-state index contributed by atoms with van der Waals surface area (Å²) in [6.07, 6.45) is 0.957. The van der Waals surface area contributed by atoms with Crippen LogP contribution in [0.25, 0.3) is 0 Å². The average Bonchev–Trinajstić information content (AvgIpc) is 2.45. The summed E-state index contributed by atoms with van der Waals surface area (Å²) >= 11 is 0. The Bertz CT molecular complexity index is 497. The summed E-state index contributed by atoms with van der Waals surface area (Å²) in [6, 6.07) is -1.15. The molecule has 1 fully saturated rings. The second-order valence-electron chi connectivity index (χ2n) is 5.84. The van der Waals surface area contributed by atoms with Gasteiger partial charge in [-0.2, -0.15) is 17.4 Å². The maximum atomic E-state index is 12.3. The molecule has 0 spiro atoms. The van der Waals surface area contributed by atoms with Crippen LogP contribution < -0.4 is 4.72 Å². The standard InChI is InChI=1S/C13H24N2O6S/c1-9(2)8-11(12(16)17)14-22(19,20)15-6-4-10(5-7-15)13(18)21-3/h9-11,14H,4-8H2,1-3H3,(H,16,17)/t11-/m1/s1. The number of ether oxygens (including phenoxy) is 1. The molecule has 1 rings (SSSR count). The van der Waals surface area contributed by atoms with E-state index in [1.165, 1.54) is 11.4 Å². The third-order valence-corrected chi connectivity index (χ3v) is 5.25. The highest BCUT2D eigenvalue weighted by molar-refractivity contribution is 7.87. The van der Waals surface area contributed by atoms with Crippen molar-refractivity contribution in [3.8, 4) is 0 Å². The van der Waals surface area contributed by atoms with Gasteiger partial charge in [-0.1, -0.05) is 13.8 Å². The van der Waals surface area contributed by atoms with Crippen molar-refractivity contribution in [2.75, 3.05) is 20.2 Å². The number of esters is 1. The lowest BCUT2D eigenvalue weighted by Gasteiger charge is -2.31. The van der Waals surface area contributed by atoms with E-state index in [-0.39, 0.29) is 37.3 Å². The molecule has 0 aromatic rings. The molecule has 1 saturated heterocycles. The lowest BCUT2D eigenvalue weighted by atomic mass is 9.99. The van der Waals surface area contributed by atoms with E-state index in [9.17, 15) is 18.0 Å². The van der Waals surface area contributed by atoms with Gasteiger partial charge in [0.2, 0.25) is 0 Å². The number of carbonyl (C=O) groups is 2. The van der Waals surface area contributed by atoms with Gasteiger partial charge in [0.15, 0.2) is 0 Å². The van der Waals surface area contributed by atoms with Crippen LogP contribution in [-0.4, -0.2) is 56.0 Å². The van der Waals surface area contributed by atoms with Gasteiger partial charge >= 0.3 is 11.9 Å². The number of aliphatic carboxylic acids is 1. The van der Waals surface area contributed by atoms with Gasteiger partial charge in [0.05, 0.1) is 13.0 Å². The molecule has 0 bridgehead atoms. The van der Waals surface area contributed by atoms with Gasteiger partial charge in [-0.3, -0.25) is 9.59 Å². The highest BCUT2D eigenvalue weighted by Crippen LogP contribution is 2.20. The zero-order valence-electron chi connectivity index (χ0n) is 13.1. The first-order valence-electron chi connectivity index (χ1n) is 7.25. The highest BCUT2D eigenvalue weighted by Gasteiger charge is 2.34. The van der Waals surface area contributed by atoms with E-state index in [4.69, 9.17) is 5.11 Å². The fourth-order valence-corrected chi connectivity index (χ4v) is 3.82. The summed E-state index contributed by atoms with van der Waals surface area (Å²) in [4.78, 5) is 22.6. The first-order valence-corrected chi connectivity index (χ1v) is 8.69. The van der Waals surface area contributed by atoms with Crippen LogP contribution in [-0.2, 0) is 24.5 Å². The Labute approximate surface area is 131 Å². The Balaban J connectivity index is 2.67. The topological polar surface area (TPSA) is 113 Å². The lowest BCUT2D eigenvalue weighted by molar-refractivity contribution is -0.146. The quantitative estimate of drug-likeness (QED) is 0.642. The fraction of sp³-hybridized carbons (Fsp3) is 0.846. The second kappa shape index (κ2) is 7.89. The summed E-state index contributed by atoms with van der Waals surface area (Å²) in [5.41, 5.74) is 0. The number of nitrogens with one attached hydrogen (secondary N) is 1. The van der Waals surface area contributed by atoms with Gasteiger partial charge < -0.3 is 9.84 Å². The summed E-state index contributed by atoms with van der Waals surface area (Å²) in [6.45, 7) is 3.99. The van der Waals surface area contributed by atoms with Crippen LogP contribution in [0, 0.1) is 11.8 Å². The van der Waals surface area contributed by atoms with Crippen molar-refractivity contribution < 1.29 is 27.9 Å². The number of hydrogen-bond acceptors (Lipinski definition) is 5. The van der Waals surface area contributed by atoms with Crippen molar-refractivity contribution in [2.45, 2.75) is 39.2 Å². The number of piperidine rings is 1. The van der Waals surface area contributed by atoms with Crippen molar-refractivity contribution in [3.05, 3.63) is 0 Å². The molecule has 0 aliphatic carbocycles. The zero-order valence-corrected chi connectivity index (χ0v) is 13.9. The number of methoxy groups -OCH3 is 1. The highest BCUT2D eigenvalue weighted by atomic mass is 32.2. The molecular formula is C13H24N2O6S. The minimum atomic E-state index is -3.88. The molecule has 0 unspecified atom stereocenters. The maximum absolute atomic E-state index is 12.3. The normalized spacial score (nSPS) is 19.1. The van der Waals surface area contributed by atoms with Crippen molar-refractivity contribution in [2.24, 2.45) is 11.8 Å². The molecule has 1 aliphatic rings. The Hall–Kier alpha value is -1.19. The van der Waals surface area contributed by atoms with Crippen LogP contribution in [0.5, 0.6) is 0 Å². The minimum absolute atomic E-state index is 0.0499. The molecule has 2 N–H and O–H groups in total. The fourth-order valence-electron chi connectivity index (χ4n) is 2.42. The number of nitrogens with zero attached hydrogens (tertiary/aromatic N) is 1. The maximum Gasteiger partial charge on any atom is 0.321 e. The predicted molar refractivity (Wildman–Crippen MR) is 79.2 cm³/mol. The van der Waals surface area contributed by atoms with Gasteiger partial charge in [-0.25, -0.2) is 0 Å². The lowest BCUT2D eigenvalue weighted by Crippen LogP contribution is -2.51. The molecule has 22 heavy (non-hydrogen) atoms. The SMILES string of the molecule is COC(=O)C1CCN(S(=O)(=O)N[C@H](CC(C)C)C(=O)O)CC1. The van der Waals surface area contributed by atoms with E-state index >= 15 is 0 Å². The molecule has 9 heteroatoms. The van der Waals surface area contributed by atoms with Crippen LogP contribution in [0.3, 0.4) is 0 Å². The minimum Gasteiger partial charge on any atom is -0.480 e. The second-order valence-corrected chi connectivity index (χ2v) is 7.54. The molecule has 0 radical (unpaired) electrons. The molecular weight excluding hydrogens is 312 g/mol. The molecule has 1 aliphatic heterocycles. The van der Waals surface area contributed by atoms with E-state index in [0.29, 0.717) is 12.8 Å². The summed E-state index contributed by atoms with van der Waals surface area (Å²) < 4.78 is 32.6. The van der Waals surface area contributed by atoms with Crippen LogP contribution >= 0.6 is 0 Å². The van der Waals surface area contributed by atoms with Crippen LogP contribution in [0.15, 0.2) is 0 Å². The largest absolute Gasteiger partial charge is 0.480 e. The van der Waals surface area contributed by atoms with E-state index in [2.05, 4.69) is 9.46 Å². The smallest absolute Gasteiger partial charge is 0.321 e. The first kappa shape index (κ1) is 18.9. The number of rotatable bonds is 7. The third kappa shape index (κ3) is 5.22. The van der Waals surface area contributed by atoms with Crippen LogP contribution in [0.4, 0.5) is 0 Å². The van der Waals surface area contributed by atoms with Gasteiger partial charge in [0, 0.05) is 13.1 Å². The van der Waals surface area contributed by atoms with Gasteiger partial charge in [-0.15, -0.1) is 0 Å². The van der Waals surface area contributed by atoms with Crippen LogP contribution in [0.1, 0.15) is 33.1 Å². The van der Waals surface area contributed by atoms with E-state index in [1.54, 1.807) is 0 Å². The summed E-state index contributed by atoms with van der Waals surface area (Å²) in [5, 5.41) is 9.12. The monoisotopic (exact) mass is 336 g/mol. The number of hydrogen-bond donors (Lipinski definition) is 2. The first-order chi connectivity index (χ1) is 10.2. The van der Waals surface area contributed by atoms with Gasteiger partial charge in [0.1, 0.15) is 6.04 Å². The summed E-state index contributed by atoms with van der Waals surface area (Å²) in [7, 11) is -2.58. The Morgan fingerprint density at radius 2 is 1.86 bits per heavy atom. The number of carboxylic acid groups (broad SMARTS) is 1. The molecule has 0 saturated carbocycles. The van der Waals surface area contributed by atoms with Gasteiger partial charge in [-0.05, 0) is 25.2 Å². The number of carbonyl (C=O) groups excluding carboxylic acids is 1. The average molecular weight is 336 g/mol. The van der Waals surface area contributed by atoms with Crippen molar-refractivity contribution in [1.29, 1.82) is 0 Å². The molecule has 0 aromatic heterocycles. The molecule has 1 atom stereocenters. The van der Waals surface area contributed by atoms with E-state index in [0.717, 1.165) is 0 Å². The molecule has 0 amide bonds. The third-order valence-electron chi connectivity index (χ3n) is 3.62. The van der Waals surface area contributed by atoms with Crippen molar-refractivity contribution >= 4 is 22.1 Å². The Morgan fingerprint density at radius 1 is 1.32 bits per heavy atom. The predicted octanol–water partition coefficient (Wildman–Crippen LogP) is 0.205. The molecule has 8 nitrogen and oxygen atoms in total. The van der Waals surface area contributed by atoms with E-state index in [1.807, 2.05) is 13.8 Å². The molecule has 128 valence electrons. The van der Waals surface area contributed by atoms with E-state index < -0.39 is 22.2 Å². The number of carboxylic acids is 1. The van der Waals surface area contributed by atoms with Crippen molar-refractivity contribution in [1.82, 2.24) is 9.03 Å². The Kier molecular flexibility index (Phi) is 6.76. The Morgan fingerprint density at radius 3 is 2.27 bits per heavy atom. The van der Waals surface area contributed by atoms with Crippen LogP contribution in [0.2, 0.25) is 0 Å². The van der Waals surface area contributed by atoms with Crippen molar-refractivity contribution in [3.63, 3.8) is 0 Å². The summed E-state index contributed by atoms with van der Waals surface area (Å²) in [5.74, 6) is -1.79.